The zero-order valence-corrected chi connectivity index (χ0v) is 59.0. The van der Waals surface area contributed by atoms with Gasteiger partial charge < -0.3 is 95.4 Å². The minimum absolute atomic E-state index is 0.00129. The van der Waals surface area contributed by atoms with E-state index in [0.29, 0.717) is 41.5 Å². The van der Waals surface area contributed by atoms with Gasteiger partial charge in [0.1, 0.15) is 48.3 Å². The van der Waals surface area contributed by atoms with Crippen molar-refractivity contribution >= 4 is 109 Å². The Hall–Kier alpha value is -11.2. The molecule has 23 N–H and O–H groups in total. The zero-order chi connectivity index (χ0) is 74.4. The van der Waals surface area contributed by atoms with E-state index in [2.05, 4.69) is 73.1 Å². The summed E-state index contributed by atoms with van der Waals surface area (Å²) < 4.78 is 0. The normalized spacial score (nSPS) is 14.7. The third-order valence-corrected chi connectivity index (χ3v) is 18.8. The summed E-state index contributed by atoms with van der Waals surface area (Å²) in [7, 11) is 0. The van der Waals surface area contributed by atoms with Gasteiger partial charge in [0.25, 0.3) is 0 Å². The number of aromatic nitrogens is 4. The van der Waals surface area contributed by atoms with E-state index < -0.39 is 119 Å². The first-order valence-corrected chi connectivity index (χ1v) is 35.1. The fourth-order valence-corrected chi connectivity index (χ4v) is 12.6. The quantitative estimate of drug-likeness (QED) is 0.0148. The molecule has 0 radical (unpaired) electrons. The Morgan fingerprint density at radius 3 is 1.07 bits per heavy atom. The summed E-state index contributed by atoms with van der Waals surface area (Å²) in [6.45, 7) is 11.2. The molecule has 0 aliphatic rings. The van der Waals surface area contributed by atoms with Crippen molar-refractivity contribution in [2.75, 3.05) is 13.1 Å². The Kier molecular flexibility index (Phi) is 27.8. The lowest BCUT2D eigenvalue weighted by molar-refractivity contribution is -0.144. The molecule has 4 aromatic carbocycles. The Balaban J connectivity index is 1.10. The summed E-state index contributed by atoms with van der Waals surface area (Å²) in [6.07, 6.45) is 7.97. The summed E-state index contributed by atoms with van der Waals surface area (Å²) in [5.41, 5.74) is 22.9. The molecule has 0 unspecified atom stereocenters. The average molecular weight is 1410 g/mol. The second-order valence-corrected chi connectivity index (χ2v) is 26.9. The molecule has 550 valence electrons. The topological polar surface area (TPSA) is 483 Å². The molecular formula is C74H99N19O10. The highest BCUT2D eigenvalue weighted by Crippen LogP contribution is 2.25. The van der Waals surface area contributed by atoms with Gasteiger partial charge in [0.15, 0.2) is 11.9 Å². The van der Waals surface area contributed by atoms with Gasteiger partial charge in [0.2, 0.25) is 47.3 Å². The highest BCUT2D eigenvalue weighted by molar-refractivity contribution is 6.00. The maximum Gasteiger partial charge on any atom is 0.326 e. The first-order chi connectivity index (χ1) is 49.3. The maximum absolute atomic E-state index is 15.6. The van der Waals surface area contributed by atoms with Crippen LogP contribution in [0.15, 0.2) is 122 Å². The van der Waals surface area contributed by atoms with Crippen molar-refractivity contribution in [2.45, 2.75) is 167 Å². The van der Waals surface area contributed by atoms with Gasteiger partial charge >= 0.3 is 5.97 Å². The minimum Gasteiger partial charge on any atom is -0.480 e. The summed E-state index contributed by atoms with van der Waals surface area (Å²) >= 11 is 0. The van der Waals surface area contributed by atoms with Crippen molar-refractivity contribution in [2.24, 2.45) is 35.0 Å². The predicted molar refractivity (Wildman–Crippen MR) is 396 cm³/mol. The van der Waals surface area contributed by atoms with Gasteiger partial charge in [-0.25, -0.2) is 4.79 Å². The number of nitrogens with one attached hydrogen (secondary N) is 16. The molecule has 4 heterocycles. The first-order valence-electron chi connectivity index (χ1n) is 35.1. The number of H-pyrrole nitrogens is 4. The summed E-state index contributed by atoms with van der Waals surface area (Å²) in [4.78, 5) is 145. The van der Waals surface area contributed by atoms with E-state index >= 15 is 24.0 Å². The van der Waals surface area contributed by atoms with Crippen molar-refractivity contribution in [3.8, 4) is 0 Å². The number of carbonyl (C=O) groups is 9. The lowest BCUT2D eigenvalue weighted by Gasteiger charge is -2.30. The predicted octanol–water partition coefficient (Wildman–Crippen LogP) is 3.84. The Morgan fingerprint density at radius 1 is 0.408 bits per heavy atom. The second-order valence-electron chi connectivity index (χ2n) is 26.9. The van der Waals surface area contributed by atoms with Crippen molar-refractivity contribution in [1.82, 2.24) is 73.1 Å². The molecule has 0 aliphatic carbocycles. The summed E-state index contributed by atoms with van der Waals surface area (Å²) in [5, 5.41) is 56.6. The van der Waals surface area contributed by atoms with Gasteiger partial charge in [-0.3, -0.25) is 49.2 Å². The number of carboxylic acids is 1. The van der Waals surface area contributed by atoms with Crippen LogP contribution in [0.1, 0.15) is 109 Å². The molecule has 4 aromatic heterocycles. The van der Waals surface area contributed by atoms with E-state index in [9.17, 15) is 24.3 Å². The van der Waals surface area contributed by atoms with Crippen molar-refractivity contribution in [3.63, 3.8) is 0 Å². The van der Waals surface area contributed by atoms with Crippen molar-refractivity contribution in [1.29, 1.82) is 10.8 Å². The molecule has 0 bridgehead atoms. The molecule has 103 heavy (non-hydrogen) atoms. The van der Waals surface area contributed by atoms with E-state index in [-0.39, 0.29) is 82.3 Å². The fraction of sp³-hybridized carbons (Fsp3) is 0.419. The van der Waals surface area contributed by atoms with Crippen LogP contribution in [0.2, 0.25) is 0 Å². The number of hydrogen-bond donors (Lipinski definition) is 20. The average Bonchev–Trinajstić information content (AvgIpc) is 1.74. The van der Waals surface area contributed by atoms with Gasteiger partial charge in [-0.1, -0.05) is 127 Å². The Labute approximate surface area is 597 Å². The third-order valence-electron chi connectivity index (χ3n) is 18.8. The number of carbonyl (C=O) groups excluding carboxylic acids is 8. The Bertz CT molecular complexity index is 4290. The molecule has 8 rings (SSSR count). The van der Waals surface area contributed by atoms with E-state index in [4.69, 9.17) is 28.0 Å². The number of hydrogen-bond acceptors (Lipinski definition) is 12. The molecule has 29 heteroatoms. The number of fused-ring (bicyclic) bond motifs is 4. The van der Waals surface area contributed by atoms with Crippen molar-refractivity contribution in [3.05, 3.63) is 144 Å². The number of benzene rings is 4. The Morgan fingerprint density at radius 2 is 0.709 bits per heavy atom. The monoisotopic (exact) mass is 1410 g/mol. The first kappa shape index (κ1) is 77.5. The van der Waals surface area contributed by atoms with E-state index in [1.165, 1.54) is 0 Å². The second kappa shape index (κ2) is 36.9. The van der Waals surface area contributed by atoms with Gasteiger partial charge in [0.05, 0.1) is 6.04 Å². The lowest BCUT2D eigenvalue weighted by Crippen LogP contribution is -2.62. The number of aromatic amines is 4. The van der Waals surface area contributed by atoms with Crippen molar-refractivity contribution < 1.29 is 48.3 Å². The molecule has 0 fully saturated rings. The minimum atomic E-state index is -1.49. The zero-order valence-electron chi connectivity index (χ0n) is 59.0. The highest BCUT2D eigenvalue weighted by atomic mass is 16.4. The number of guanidine groups is 2. The van der Waals surface area contributed by atoms with Crippen LogP contribution in [0.25, 0.3) is 43.6 Å². The molecule has 0 spiro atoms. The van der Waals surface area contributed by atoms with Crippen LogP contribution in [0, 0.1) is 28.6 Å². The van der Waals surface area contributed by atoms with Crippen LogP contribution >= 0.6 is 0 Å². The van der Waals surface area contributed by atoms with Gasteiger partial charge in [-0.05, 0) is 96.4 Å². The molecule has 11 atom stereocenters. The van der Waals surface area contributed by atoms with Gasteiger partial charge in [-0.15, -0.1) is 0 Å². The summed E-state index contributed by atoms with van der Waals surface area (Å²) in [6, 6.07) is 17.5. The maximum atomic E-state index is 15.6. The van der Waals surface area contributed by atoms with E-state index in [1.54, 1.807) is 45.6 Å². The van der Waals surface area contributed by atoms with Crippen LogP contribution in [0.3, 0.4) is 0 Å². The standard InChI is InChI=1S/C74H99N19O10/c1-7-41(5)62(92-70(100)61(35-46-39-85-55-27-16-12-22-50(46)55)87-64(94)51(75)23-17-29-80-73(76)77)71(101)91-57(31-40(3)4)66(96)88-59(33-44-37-83-53-25-14-10-20-48(44)53)68(98)90-60(34-45-38-84-54-26-15-11-21-49(45)54)69(99)89-58(32-43-36-82-52-24-13-9-19-47(43)52)67(97)86-56(28-18-30-81-74(78)79)65(95)93-63(72(102)103)42(6)8-2/h9-16,19-22,24-27,36-42,51,56-63,82-85H,7-8,17-18,23,28-35,75H2,1-6H3,(H,86,97)(H,87,94)(H,88,96)(H,89,99)(H,90,98)(H,91,101)(H,92,100)(H,93,95)(H,102,103)(H4,76,77,80)(H4,78,79,81)/t41-,42-,51-,56-,57-,58-,59-,60-,61-,62-,63-/m0/s1. The van der Waals surface area contributed by atoms with Crippen LogP contribution in [-0.2, 0) is 68.8 Å². The molecule has 8 aromatic rings. The fourth-order valence-electron chi connectivity index (χ4n) is 12.6. The SMILES string of the molecule is CC[C@H](C)[C@H](NC(=O)[C@H](CCCNC(=N)N)NC(=O)[C@H](Cc1c[nH]c2ccccc12)NC(=O)[C@H](Cc1c[nH]c2ccccc12)NC(=O)[C@H](Cc1c[nH]c2ccccc12)NC(=O)[C@H](CC(C)C)NC(=O)[C@@H](NC(=O)[C@H](Cc1c[nH]c2ccccc12)NC(=O)[C@@H](N)CCCNC(=N)N)[C@@H](C)CC)C(=O)O. The van der Waals surface area contributed by atoms with E-state index in [0.717, 1.165) is 43.6 Å². The highest BCUT2D eigenvalue weighted by Gasteiger charge is 2.38. The lowest BCUT2D eigenvalue weighted by atomic mass is 9.95. The largest absolute Gasteiger partial charge is 0.480 e. The van der Waals surface area contributed by atoms with E-state index in [1.807, 2.05) is 118 Å². The third kappa shape index (κ3) is 21.4. The van der Waals surface area contributed by atoms with Crippen LogP contribution in [0.4, 0.5) is 0 Å². The van der Waals surface area contributed by atoms with Gasteiger partial charge in [-0.2, -0.15) is 0 Å². The molecule has 0 aliphatic heterocycles. The smallest absolute Gasteiger partial charge is 0.326 e. The number of carboxylic acid groups (broad SMARTS) is 1. The van der Waals surface area contributed by atoms with Crippen LogP contribution in [0.5, 0.6) is 0 Å². The molecular weight excluding hydrogens is 1310 g/mol. The van der Waals surface area contributed by atoms with Crippen LogP contribution < -0.4 is 70.4 Å². The number of rotatable bonds is 39. The van der Waals surface area contributed by atoms with Gasteiger partial charge in [0, 0.05) is 107 Å². The molecule has 8 amide bonds. The number of amides is 8. The summed E-state index contributed by atoms with van der Waals surface area (Å²) in [5.74, 6) is -9.19. The molecule has 0 saturated heterocycles. The molecule has 29 nitrogen and oxygen atoms in total. The molecule has 0 saturated carbocycles. The van der Waals surface area contributed by atoms with Crippen LogP contribution in [-0.4, -0.2) is 158 Å². The number of para-hydroxylation sites is 4. The number of nitrogens with two attached hydrogens (primary N) is 3. The number of aliphatic carboxylic acids is 1.